The number of aliphatic imine (C=N–C) groups is 1. The highest BCUT2D eigenvalue weighted by atomic mass is 16.4. The van der Waals surface area contributed by atoms with Crippen LogP contribution in [0.25, 0.3) is 0 Å². The van der Waals surface area contributed by atoms with Crippen LogP contribution in [0.4, 0.5) is 0 Å². The summed E-state index contributed by atoms with van der Waals surface area (Å²) in [6.45, 7) is 1.50. The van der Waals surface area contributed by atoms with E-state index in [0.717, 1.165) is 0 Å². The van der Waals surface area contributed by atoms with Crippen LogP contribution >= 0.6 is 0 Å². The second kappa shape index (κ2) is 3.71. The molecule has 0 bridgehead atoms. The number of hydrogen-bond donors (Lipinski definition) is 1. The number of carbonyl (C=O) groups is 1. The Morgan fingerprint density at radius 2 is 2.58 bits per heavy atom. The maximum atomic E-state index is 10.3. The van der Waals surface area contributed by atoms with Crippen LogP contribution in [-0.2, 0) is 4.79 Å². The summed E-state index contributed by atoms with van der Waals surface area (Å²) in [7, 11) is 0. The van der Waals surface area contributed by atoms with Gasteiger partial charge in [0.25, 0.3) is 0 Å². The molecule has 1 heterocycles. The summed E-state index contributed by atoms with van der Waals surface area (Å²) in [6, 6.07) is 2.69. The minimum atomic E-state index is -0.946. The molecule has 64 valence electrons. The van der Waals surface area contributed by atoms with Crippen LogP contribution in [0.2, 0.25) is 0 Å². The van der Waals surface area contributed by atoms with Gasteiger partial charge in [0.1, 0.15) is 11.8 Å². The van der Waals surface area contributed by atoms with Crippen LogP contribution in [0.15, 0.2) is 27.8 Å². The van der Waals surface area contributed by atoms with Crippen LogP contribution in [0, 0.1) is 0 Å². The van der Waals surface area contributed by atoms with E-state index in [1.54, 1.807) is 12.1 Å². The monoisotopic (exact) mass is 167 g/mol. The molecule has 0 radical (unpaired) electrons. The van der Waals surface area contributed by atoms with E-state index in [0.29, 0.717) is 5.76 Å². The predicted octanol–water partition coefficient (Wildman–Crippen LogP) is 1.17. The highest BCUT2D eigenvalue weighted by molar-refractivity contribution is 5.80. The minimum Gasteiger partial charge on any atom is -0.480 e. The third kappa shape index (κ3) is 2.23. The molecule has 1 aromatic rings. The van der Waals surface area contributed by atoms with Crippen molar-refractivity contribution in [1.29, 1.82) is 0 Å². The Balaban J connectivity index is 2.56. The lowest BCUT2D eigenvalue weighted by Crippen LogP contribution is -2.12. The third-order valence-electron chi connectivity index (χ3n) is 1.33. The van der Waals surface area contributed by atoms with E-state index < -0.39 is 12.0 Å². The molecule has 0 fully saturated rings. The van der Waals surface area contributed by atoms with Crippen molar-refractivity contribution in [1.82, 2.24) is 0 Å². The van der Waals surface area contributed by atoms with Crippen molar-refractivity contribution in [2.24, 2.45) is 4.99 Å². The minimum absolute atomic E-state index is 0.558. The number of carboxylic acids is 1. The van der Waals surface area contributed by atoms with Crippen molar-refractivity contribution >= 4 is 12.2 Å². The van der Waals surface area contributed by atoms with Gasteiger partial charge in [0, 0.05) is 0 Å². The number of aliphatic carboxylic acids is 1. The van der Waals surface area contributed by atoms with Gasteiger partial charge < -0.3 is 9.52 Å². The maximum Gasteiger partial charge on any atom is 0.328 e. The number of hydrogen-bond acceptors (Lipinski definition) is 3. The first-order valence-corrected chi connectivity index (χ1v) is 3.49. The Hall–Kier alpha value is -1.58. The summed E-state index contributed by atoms with van der Waals surface area (Å²) < 4.78 is 4.92. The first-order valence-electron chi connectivity index (χ1n) is 3.49. The average molecular weight is 167 g/mol. The van der Waals surface area contributed by atoms with Gasteiger partial charge in [-0.15, -0.1) is 0 Å². The molecule has 0 aliphatic carbocycles. The van der Waals surface area contributed by atoms with E-state index in [4.69, 9.17) is 9.52 Å². The highest BCUT2D eigenvalue weighted by Crippen LogP contribution is 1.97. The summed E-state index contributed by atoms with van der Waals surface area (Å²) in [5.74, 6) is -0.388. The Morgan fingerprint density at radius 1 is 1.83 bits per heavy atom. The Morgan fingerprint density at radius 3 is 3.08 bits per heavy atom. The lowest BCUT2D eigenvalue weighted by Gasteiger charge is -1.95. The van der Waals surface area contributed by atoms with Crippen molar-refractivity contribution in [2.45, 2.75) is 13.0 Å². The molecular formula is C8H9NO3. The number of nitrogens with zero attached hydrogens (tertiary/aromatic N) is 1. The van der Waals surface area contributed by atoms with Gasteiger partial charge in [-0.2, -0.15) is 0 Å². The molecule has 0 saturated carbocycles. The van der Waals surface area contributed by atoms with Gasteiger partial charge in [0.15, 0.2) is 0 Å². The van der Waals surface area contributed by atoms with E-state index in [2.05, 4.69) is 4.99 Å². The second-order valence-corrected chi connectivity index (χ2v) is 2.31. The smallest absolute Gasteiger partial charge is 0.328 e. The molecule has 1 aromatic heterocycles. The number of carboxylic acid groups (broad SMARTS) is 1. The van der Waals surface area contributed by atoms with Crippen molar-refractivity contribution < 1.29 is 14.3 Å². The maximum absolute atomic E-state index is 10.3. The highest BCUT2D eigenvalue weighted by Gasteiger charge is 2.06. The fourth-order valence-corrected chi connectivity index (χ4v) is 0.614. The SMILES string of the molecule is CC(N=Cc1ccco1)C(=O)O. The van der Waals surface area contributed by atoms with Gasteiger partial charge in [-0.1, -0.05) is 0 Å². The lowest BCUT2D eigenvalue weighted by atomic mass is 10.3. The summed E-state index contributed by atoms with van der Waals surface area (Å²) in [5, 5.41) is 8.47. The molecule has 1 N–H and O–H groups in total. The zero-order chi connectivity index (χ0) is 8.97. The zero-order valence-corrected chi connectivity index (χ0v) is 6.60. The predicted molar refractivity (Wildman–Crippen MR) is 43.4 cm³/mol. The van der Waals surface area contributed by atoms with Crippen LogP contribution in [-0.4, -0.2) is 23.3 Å². The van der Waals surface area contributed by atoms with Crippen molar-refractivity contribution in [3.63, 3.8) is 0 Å². The fourth-order valence-electron chi connectivity index (χ4n) is 0.614. The molecule has 0 spiro atoms. The molecule has 1 rings (SSSR count). The van der Waals surface area contributed by atoms with Gasteiger partial charge in [-0.05, 0) is 19.1 Å². The molecule has 0 aromatic carbocycles. The molecule has 0 aliphatic heterocycles. The molecule has 0 aliphatic rings. The largest absolute Gasteiger partial charge is 0.480 e. The summed E-state index contributed by atoms with van der Waals surface area (Å²) in [6.07, 6.45) is 2.91. The standard InChI is InChI=1S/C8H9NO3/c1-6(8(10)11)9-5-7-3-2-4-12-7/h2-6H,1H3,(H,10,11). The molecule has 4 heteroatoms. The molecule has 0 amide bonds. The molecule has 4 nitrogen and oxygen atoms in total. The van der Waals surface area contributed by atoms with E-state index >= 15 is 0 Å². The molecule has 0 saturated heterocycles. The summed E-state index contributed by atoms with van der Waals surface area (Å²) in [4.78, 5) is 14.1. The van der Waals surface area contributed by atoms with E-state index in [-0.39, 0.29) is 0 Å². The normalized spacial score (nSPS) is 13.4. The van der Waals surface area contributed by atoms with Crippen LogP contribution in [0.1, 0.15) is 12.7 Å². The first kappa shape index (κ1) is 8.52. The molecule has 12 heavy (non-hydrogen) atoms. The Bertz CT molecular complexity index is 277. The summed E-state index contributed by atoms with van der Waals surface area (Å²) in [5.41, 5.74) is 0. The summed E-state index contributed by atoms with van der Waals surface area (Å²) >= 11 is 0. The molecular weight excluding hydrogens is 158 g/mol. The zero-order valence-electron chi connectivity index (χ0n) is 6.60. The van der Waals surface area contributed by atoms with Gasteiger partial charge >= 0.3 is 5.97 Å². The van der Waals surface area contributed by atoms with Crippen LogP contribution in [0.3, 0.4) is 0 Å². The molecule has 1 unspecified atom stereocenters. The van der Waals surface area contributed by atoms with Crippen molar-refractivity contribution in [3.05, 3.63) is 24.2 Å². The first-order chi connectivity index (χ1) is 5.70. The lowest BCUT2D eigenvalue weighted by molar-refractivity contribution is -0.137. The van der Waals surface area contributed by atoms with Gasteiger partial charge in [0.05, 0.1) is 12.5 Å². The fraction of sp³-hybridized carbons (Fsp3) is 0.250. The number of rotatable bonds is 3. The number of furan rings is 1. The van der Waals surface area contributed by atoms with Gasteiger partial charge in [0.2, 0.25) is 0 Å². The van der Waals surface area contributed by atoms with Crippen LogP contribution < -0.4 is 0 Å². The van der Waals surface area contributed by atoms with E-state index in [9.17, 15) is 4.79 Å². The van der Waals surface area contributed by atoms with Crippen LogP contribution in [0.5, 0.6) is 0 Å². The van der Waals surface area contributed by atoms with E-state index in [1.165, 1.54) is 19.4 Å². The van der Waals surface area contributed by atoms with E-state index in [1.807, 2.05) is 0 Å². The Kier molecular flexibility index (Phi) is 2.63. The quantitative estimate of drug-likeness (QED) is 0.687. The van der Waals surface area contributed by atoms with Gasteiger partial charge in [-0.25, -0.2) is 4.79 Å². The second-order valence-electron chi connectivity index (χ2n) is 2.31. The average Bonchev–Trinajstić information content (AvgIpc) is 2.51. The van der Waals surface area contributed by atoms with Gasteiger partial charge in [-0.3, -0.25) is 4.99 Å². The third-order valence-corrected chi connectivity index (χ3v) is 1.33. The molecule has 1 atom stereocenters. The van der Waals surface area contributed by atoms with Crippen molar-refractivity contribution in [2.75, 3.05) is 0 Å². The Labute approximate surface area is 69.5 Å². The topological polar surface area (TPSA) is 62.8 Å². The van der Waals surface area contributed by atoms with Crippen molar-refractivity contribution in [3.8, 4) is 0 Å².